The van der Waals surface area contributed by atoms with E-state index in [1.54, 1.807) is 0 Å². The van der Waals surface area contributed by atoms with E-state index in [1.165, 1.54) is 66.0 Å². The van der Waals surface area contributed by atoms with Gasteiger partial charge in [-0.3, -0.25) is 0 Å². The number of hydrogen-bond acceptors (Lipinski definition) is 1. The molecule has 0 amide bonds. The smallest absolute Gasteiger partial charge is 0.127 e. The number of hydrogen-bond donors (Lipinski definition) is 0. The number of aromatic nitrogens is 2. The quantitative estimate of drug-likeness (QED) is 0.148. The highest BCUT2D eigenvalue weighted by molar-refractivity contribution is 6.57. The molecule has 4 rings (SSSR count). The molecule has 0 atom stereocenters. The molecule has 4 aromatic rings. The number of unbranched alkanes of at least 4 members (excludes halogenated alkanes) is 4. The summed E-state index contributed by atoms with van der Waals surface area (Å²) >= 11 is 0. The van der Waals surface area contributed by atoms with Gasteiger partial charge in [0.05, 0.1) is 11.5 Å². The summed E-state index contributed by atoms with van der Waals surface area (Å²) < 4.78 is 2.34. The van der Waals surface area contributed by atoms with Crippen LogP contribution >= 0.6 is 0 Å². The molecule has 35 heavy (non-hydrogen) atoms. The molecule has 0 unspecified atom stereocenters. The number of benzene rings is 3. The van der Waals surface area contributed by atoms with Gasteiger partial charge in [0, 0.05) is 12.4 Å². The molecule has 0 bridgehead atoms. The average Bonchev–Trinajstić information content (AvgIpc) is 3.44. The third kappa shape index (κ3) is 6.21. The lowest BCUT2D eigenvalue weighted by Crippen LogP contribution is -2.46. The first kappa shape index (κ1) is 25.2. The van der Waals surface area contributed by atoms with E-state index >= 15 is 0 Å². The van der Waals surface area contributed by atoms with Crippen molar-refractivity contribution in [1.29, 1.82) is 0 Å². The van der Waals surface area contributed by atoms with Crippen molar-refractivity contribution in [2.24, 2.45) is 0 Å². The molecule has 0 saturated carbocycles. The van der Waals surface area contributed by atoms with Crippen molar-refractivity contribution in [3.05, 3.63) is 120 Å². The van der Waals surface area contributed by atoms with Gasteiger partial charge in [0.2, 0.25) is 0 Å². The summed E-state index contributed by atoms with van der Waals surface area (Å²) in [6.45, 7) is 4.55. The van der Waals surface area contributed by atoms with Crippen LogP contribution in [0.15, 0.2) is 97.6 Å². The molecule has 3 aromatic carbocycles. The molecular weight excluding hydrogens is 440 g/mol. The van der Waals surface area contributed by atoms with Crippen LogP contribution in [0.4, 0.5) is 0 Å². The third-order valence-electron chi connectivity index (χ3n) is 6.82. The van der Waals surface area contributed by atoms with Crippen LogP contribution in [-0.2, 0) is 18.0 Å². The largest absolute Gasteiger partial charge is 0.326 e. The summed E-state index contributed by atoms with van der Waals surface area (Å²) in [6, 6.07) is 29.6. The Morgan fingerprint density at radius 3 is 1.83 bits per heavy atom. The van der Waals surface area contributed by atoms with Crippen LogP contribution in [0.1, 0.15) is 74.6 Å². The molecule has 180 valence electrons. The van der Waals surface area contributed by atoms with Gasteiger partial charge >= 0.3 is 0 Å². The monoisotopic (exact) mass is 478 g/mol. The molecule has 0 aliphatic rings. The van der Waals surface area contributed by atoms with Crippen LogP contribution in [0.5, 0.6) is 0 Å². The second-order valence-corrected chi connectivity index (χ2v) is 11.0. The Labute approximate surface area is 214 Å². The fourth-order valence-corrected chi connectivity index (χ4v) is 6.56. The van der Waals surface area contributed by atoms with Crippen molar-refractivity contribution in [2.75, 3.05) is 0 Å². The number of aryl methyl sites for hydroxylation is 2. The van der Waals surface area contributed by atoms with E-state index in [0.717, 1.165) is 12.8 Å². The van der Waals surface area contributed by atoms with E-state index in [4.69, 9.17) is 0 Å². The standard InChI is InChI=1S/C32H38N2Si/c1-3-5-8-14-27-16-12-18-29(24-27)32(34-23-22-33-26-34,35-31-20-10-7-11-21-31)30-19-13-17-28(25-30)15-9-6-4-2/h7,10-13,16-26H,3-6,8-9,14-15H2,1-2H3. The average molecular weight is 479 g/mol. The van der Waals surface area contributed by atoms with Gasteiger partial charge in [-0.2, -0.15) is 0 Å². The summed E-state index contributed by atoms with van der Waals surface area (Å²) in [5.74, 6) is 0. The Morgan fingerprint density at radius 2 is 1.31 bits per heavy atom. The fraction of sp³-hybridized carbons (Fsp3) is 0.344. The zero-order valence-corrected chi connectivity index (χ0v) is 22.3. The normalized spacial score (nSPS) is 11.6. The van der Waals surface area contributed by atoms with Gasteiger partial charge in [-0.1, -0.05) is 124 Å². The Morgan fingerprint density at radius 1 is 0.714 bits per heavy atom. The molecule has 2 nitrogen and oxygen atoms in total. The van der Waals surface area contributed by atoms with Gasteiger partial charge in [0.1, 0.15) is 9.52 Å². The van der Waals surface area contributed by atoms with E-state index in [-0.39, 0.29) is 5.16 Å². The van der Waals surface area contributed by atoms with Crippen molar-refractivity contribution in [1.82, 2.24) is 9.55 Å². The lowest BCUT2D eigenvalue weighted by molar-refractivity contribution is 0.594. The molecule has 1 heterocycles. The lowest BCUT2D eigenvalue weighted by Gasteiger charge is -2.37. The Hall–Kier alpha value is -2.91. The maximum Gasteiger partial charge on any atom is 0.127 e. The van der Waals surface area contributed by atoms with E-state index < -0.39 is 0 Å². The summed E-state index contributed by atoms with van der Waals surface area (Å²) in [4.78, 5) is 4.51. The van der Waals surface area contributed by atoms with Crippen molar-refractivity contribution in [3.8, 4) is 0 Å². The summed E-state index contributed by atoms with van der Waals surface area (Å²) in [7, 11) is 0.536. The second-order valence-electron chi connectivity index (χ2n) is 9.49. The van der Waals surface area contributed by atoms with Crippen LogP contribution < -0.4 is 5.19 Å². The van der Waals surface area contributed by atoms with Crippen LogP contribution in [0.2, 0.25) is 0 Å². The highest BCUT2D eigenvalue weighted by Crippen LogP contribution is 2.35. The molecule has 0 saturated heterocycles. The Balaban J connectivity index is 1.86. The van der Waals surface area contributed by atoms with E-state index in [2.05, 4.69) is 108 Å². The molecular formula is C32H38N2Si. The van der Waals surface area contributed by atoms with Crippen LogP contribution in [0.3, 0.4) is 0 Å². The van der Waals surface area contributed by atoms with Gasteiger partial charge in [-0.05, 0) is 47.9 Å². The summed E-state index contributed by atoms with van der Waals surface area (Å²) in [5, 5.41) is 1.02. The van der Waals surface area contributed by atoms with E-state index in [9.17, 15) is 0 Å². The Bertz CT molecular complexity index is 1100. The van der Waals surface area contributed by atoms with Crippen LogP contribution in [0, 0.1) is 0 Å². The predicted octanol–water partition coefficient (Wildman–Crippen LogP) is 7.13. The van der Waals surface area contributed by atoms with Crippen molar-refractivity contribution in [2.45, 2.75) is 70.4 Å². The van der Waals surface area contributed by atoms with E-state index in [1.807, 2.05) is 12.5 Å². The second kappa shape index (κ2) is 12.7. The van der Waals surface area contributed by atoms with E-state index in [0.29, 0.717) is 9.52 Å². The zero-order valence-electron chi connectivity index (χ0n) is 21.3. The Kier molecular flexibility index (Phi) is 9.13. The van der Waals surface area contributed by atoms with Crippen LogP contribution in [-0.4, -0.2) is 19.1 Å². The molecule has 0 N–H and O–H groups in total. The topological polar surface area (TPSA) is 17.8 Å². The predicted molar refractivity (Wildman–Crippen MR) is 150 cm³/mol. The van der Waals surface area contributed by atoms with Gasteiger partial charge in [-0.25, -0.2) is 4.98 Å². The minimum absolute atomic E-state index is 0.334. The molecule has 1 aromatic heterocycles. The number of nitrogens with zero attached hydrogens (tertiary/aromatic N) is 2. The van der Waals surface area contributed by atoms with Crippen molar-refractivity contribution in [3.63, 3.8) is 0 Å². The first-order valence-corrected chi connectivity index (χ1v) is 14.3. The zero-order chi connectivity index (χ0) is 24.3. The molecule has 3 heteroatoms. The number of rotatable bonds is 13. The first-order chi connectivity index (χ1) is 17.3. The highest BCUT2D eigenvalue weighted by atomic mass is 28.2. The molecule has 0 spiro atoms. The number of imidazole rings is 1. The fourth-order valence-electron chi connectivity index (χ4n) is 4.92. The molecule has 0 aliphatic carbocycles. The van der Waals surface area contributed by atoms with Crippen LogP contribution in [0.25, 0.3) is 0 Å². The maximum atomic E-state index is 4.51. The van der Waals surface area contributed by atoms with Gasteiger partial charge in [0.25, 0.3) is 0 Å². The lowest BCUT2D eigenvalue weighted by atomic mass is 9.92. The summed E-state index contributed by atoms with van der Waals surface area (Å²) in [5.41, 5.74) is 5.55. The highest BCUT2D eigenvalue weighted by Gasteiger charge is 2.37. The van der Waals surface area contributed by atoms with Crippen molar-refractivity contribution >= 4 is 14.7 Å². The van der Waals surface area contributed by atoms with Crippen molar-refractivity contribution < 1.29 is 0 Å². The van der Waals surface area contributed by atoms with Gasteiger partial charge in [0.15, 0.2) is 0 Å². The maximum absolute atomic E-state index is 4.51. The van der Waals surface area contributed by atoms with Gasteiger partial charge in [-0.15, -0.1) is 0 Å². The molecule has 2 radical (unpaired) electrons. The minimum atomic E-state index is -0.334. The summed E-state index contributed by atoms with van der Waals surface area (Å²) in [6.07, 6.45) is 15.9. The first-order valence-electron chi connectivity index (χ1n) is 13.3. The van der Waals surface area contributed by atoms with Gasteiger partial charge < -0.3 is 4.57 Å². The minimum Gasteiger partial charge on any atom is -0.326 e. The third-order valence-corrected chi connectivity index (χ3v) is 8.64. The SMILES string of the molecule is CCCCCc1cccc(C([Si]c2ccccc2)(c2cccc(CCCCC)c2)n2ccnc2)c1. The molecule has 0 fully saturated rings. The molecule has 0 aliphatic heterocycles.